The van der Waals surface area contributed by atoms with E-state index in [1.54, 1.807) is 18.4 Å². The molecule has 0 saturated carbocycles. The van der Waals surface area contributed by atoms with Gasteiger partial charge >= 0.3 is 0 Å². The first kappa shape index (κ1) is 16.5. The molecule has 1 unspecified atom stereocenters. The predicted molar refractivity (Wildman–Crippen MR) is 94.8 cm³/mol. The number of hydrogen-bond acceptors (Lipinski definition) is 3. The number of aromatic nitrogens is 1. The number of aryl methyl sites for hydroxylation is 1. The van der Waals surface area contributed by atoms with Crippen LogP contribution >= 0.6 is 11.3 Å². The summed E-state index contributed by atoms with van der Waals surface area (Å²) in [4.78, 5) is 9.98. The number of hydrogen-bond donors (Lipinski definition) is 2. The molecule has 0 saturated heterocycles. The molecule has 118 valence electrons. The average molecular weight is 316 g/mol. The van der Waals surface area contributed by atoms with Crippen molar-refractivity contribution in [1.29, 1.82) is 0 Å². The number of thiophene rings is 1. The van der Waals surface area contributed by atoms with Gasteiger partial charge in [0.25, 0.3) is 0 Å². The number of guanidine groups is 1. The Labute approximate surface area is 136 Å². The van der Waals surface area contributed by atoms with E-state index in [1.165, 1.54) is 10.4 Å². The highest BCUT2D eigenvalue weighted by atomic mass is 32.1. The molecular weight excluding hydrogens is 292 g/mol. The number of nitrogens with one attached hydrogen (secondary N) is 2. The van der Waals surface area contributed by atoms with Crippen LogP contribution in [0.1, 0.15) is 29.0 Å². The largest absolute Gasteiger partial charge is 0.356 e. The Hall–Kier alpha value is -1.88. The Morgan fingerprint density at radius 3 is 2.82 bits per heavy atom. The SMILES string of the molecule is CN=C(NCCc1ccc(C)nc1)NCC(C)c1cccs1. The summed E-state index contributed by atoms with van der Waals surface area (Å²) in [5.74, 6) is 1.34. The molecular formula is C17H24N4S. The van der Waals surface area contributed by atoms with Gasteiger partial charge in [0.05, 0.1) is 0 Å². The van der Waals surface area contributed by atoms with Crippen molar-refractivity contribution in [3.8, 4) is 0 Å². The summed E-state index contributed by atoms with van der Waals surface area (Å²) < 4.78 is 0. The molecule has 4 nitrogen and oxygen atoms in total. The van der Waals surface area contributed by atoms with Crippen LogP contribution in [0.15, 0.2) is 40.8 Å². The summed E-state index contributed by atoms with van der Waals surface area (Å²) in [7, 11) is 1.80. The van der Waals surface area contributed by atoms with Gasteiger partial charge in [-0.15, -0.1) is 11.3 Å². The Kier molecular flexibility index (Phi) is 6.40. The number of aliphatic imine (C=N–C) groups is 1. The van der Waals surface area contributed by atoms with Gasteiger partial charge in [0, 0.05) is 42.8 Å². The van der Waals surface area contributed by atoms with Gasteiger partial charge in [-0.25, -0.2) is 0 Å². The second-order valence-corrected chi connectivity index (χ2v) is 6.33. The third-order valence-corrected chi connectivity index (χ3v) is 4.61. The molecule has 0 fully saturated rings. The minimum absolute atomic E-state index is 0.486. The van der Waals surface area contributed by atoms with Crippen molar-refractivity contribution in [3.63, 3.8) is 0 Å². The van der Waals surface area contributed by atoms with Crippen LogP contribution in [0.4, 0.5) is 0 Å². The number of rotatable bonds is 6. The second kappa shape index (κ2) is 8.54. The van der Waals surface area contributed by atoms with E-state index in [4.69, 9.17) is 0 Å². The molecule has 0 aliphatic rings. The third-order valence-electron chi connectivity index (χ3n) is 3.51. The maximum atomic E-state index is 4.31. The van der Waals surface area contributed by atoms with E-state index in [0.717, 1.165) is 31.2 Å². The van der Waals surface area contributed by atoms with Crippen LogP contribution < -0.4 is 10.6 Å². The van der Waals surface area contributed by atoms with E-state index in [-0.39, 0.29) is 0 Å². The van der Waals surface area contributed by atoms with E-state index in [1.807, 2.05) is 19.2 Å². The molecule has 0 amide bonds. The molecule has 0 aliphatic heterocycles. The average Bonchev–Trinajstić information content (AvgIpc) is 3.06. The minimum atomic E-state index is 0.486. The quantitative estimate of drug-likeness (QED) is 0.636. The maximum Gasteiger partial charge on any atom is 0.191 e. The van der Waals surface area contributed by atoms with Gasteiger partial charge in [-0.3, -0.25) is 9.98 Å². The summed E-state index contributed by atoms with van der Waals surface area (Å²) in [5.41, 5.74) is 2.29. The summed E-state index contributed by atoms with van der Waals surface area (Å²) >= 11 is 1.80. The molecule has 2 aromatic heterocycles. The number of nitrogens with zero attached hydrogens (tertiary/aromatic N) is 2. The van der Waals surface area contributed by atoms with Crippen molar-refractivity contribution in [2.45, 2.75) is 26.2 Å². The standard InChI is InChI=1S/C17H24N4S/c1-13(16-5-4-10-22-16)11-21-17(18-3)19-9-8-15-7-6-14(2)20-12-15/h4-7,10,12-13H,8-9,11H2,1-3H3,(H2,18,19,21). The predicted octanol–water partition coefficient (Wildman–Crippen LogP) is 2.96. The monoisotopic (exact) mass is 316 g/mol. The minimum Gasteiger partial charge on any atom is -0.356 e. The molecule has 5 heteroatoms. The van der Waals surface area contributed by atoms with E-state index in [9.17, 15) is 0 Å². The molecule has 0 bridgehead atoms. The first-order valence-electron chi connectivity index (χ1n) is 7.58. The van der Waals surface area contributed by atoms with E-state index in [2.05, 4.69) is 51.1 Å². The molecule has 0 spiro atoms. The first-order valence-corrected chi connectivity index (χ1v) is 8.46. The molecule has 0 radical (unpaired) electrons. The lowest BCUT2D eigenvalue weighted by atomic mass is 10.1. The van der Waals surface area contributed by atoms with E-state index in [0.29, 0.717) is 5.92 Å². The molecule has 2 heterocycles. The fourth-order valence-electron chi connectivity index (χ4n) is 2.11. The Bertz CT molecular complexity index is 575. The zero-order valence-corrected chi connectivity index (χ0v) is 14.3. The lowest BCUT2D eigenvalue weighted by molar-refractivity contribution is 0.706. The summed E-state index contributed by atoms with van der Waals surface area (Å²) in [6, 6.07) is 8.45. The summed E-state index contributed by atoms with van der Waals surface area (Å²) in [5, 5.41) is 8.85. The highest BCUT2D eigenvalue weighted by Crippen LogP contribution is 2.19. The van der Waals surface area contributed by atoms with Crippen LogP contribution in [-0.4, -0.2) is 31.1 Å². The fourth-order valence-corrected chi connectivity index (χ4v) is 2.90. The fraction of sp³-hybridized carbons (Fsp3) is 0.412. The van der Waals surface area contributed by atoms with Crippen molar-refractivity contribution in [2.24, 2.45) is 4.99 Å². The molecule has 2 N–H and O–H groups in total. The van der Waals surface area contributed by atoms with Gasteiger partial charge < -0.3 is 10.6 Å². The van der Waals surface area contributed by atoms with Crippen molar-refractivity contribution in [3.05, 3.63) is 52.0 Å². The number of pyridine rings is 1. The van der Waals surface area contributed by atoms with Crippen molar-refractivity contribution < 1.29 is 0 Å². The molecule has 2 rings (SSSR count). The van der Waals surface area contributed by atoms with Crippen LogP contribution in [0.25, 0.3) is 0 Å². The zero-order chi connectivity index (χ0) is 15.8. The van der Waals surface area contributed by atoms with Crippen LogP contribution in [0.5, 0.6) is 0 Å². The topological polar surface area (TPSA) is 49.3 Å². The van der Waals surface area contributed by atoms with Crippen LogP contribution in [0.2, 0.25) is 0 Å². The summed E-state index contributed by atoms with van der Waals surface area (Å²) in [6.45, 7) is 5.96. The van der Waals surface area contributed by atoms with Gasteiger partial charge in [0.1, 0.15) is 0 Å². The third kappa shape index (κ3) is 5.15. The van der Waals surface area contributed by atoms with Crippen LogP contribution in [0.3, 0.4) is 0 Å². The molecule has 1 atom stereocenters. The van der Waals surface area contributed by atoms with Gasteiger partial charge in [-0.05, 0) is 36.4 Å². The van der Waals surface area contributed by atoms with Gasteiger partial charge in [-0.2, -0.15) is 0 Å². The van der Waals surface area contributed by atoms with Crippen LogP contribution in [0, 0.1) is 6.92 Å². The van der Waals surface area contributed by atoms with Crippen molar-refractivity contribution in [2.75, 3.05) is 20.1 Å². The lowest BCUT2D eigenvalue weighted by Crippen LogP contribution is -2.39. The molecule has 0 aliphatic carbocycles. The van der Waals surface area contributed by atoms with Gasteiger partial charge in [0.2, 0.25) is 0 Å². The van der Waals surface area contributed by atoms with Gasteiger partial charge in [-0.1, -0.05) is 19.1 Å². The highest BCUT2D eigenvalue weighted by Gasteiger charge is 2.07. The highest BCUT2D eigenvalue weighted by molar-refractivity contribution is 7.10. The Morgan fingerprint density at radius 2 is 2.18 bits per heavy atom. The van der Waals surface area contributed by atoms with Crippen molar-refractivity contribution in [1.82, 2.24) is 15.6 Å². The first-order chi connectivity index (χ1) is 10.7. The normalized spacial score (nSPS) is 13.0. The second-order valence-electron chi connectivity index (χ2n) is 5.35. The lowest BCUT2D eigenvalue weighted by Gasteiger charge is -2.15. The summed E-state index contributed by atoms with van der Waals surface area (Å²) in [6.07, 6.45) is 2.88. The molecule has 2 aromatic rings. The van der Waals surface area contributed by atoms with Crippen LogP contribution in [-0.2, 0) is 6.42 Å². The Balaban J connectivity index is 1.72. The maximum absolute atomic E-state index is 4.31. The zero-order valence-electron chi connectivity index (χ0n) is 13.5. The van der Waals surface area contributed by atoms with Gasteiger partial charge in [0.15, 0.2) is 5.96 Å². The molecule has 22 heavy (non-hydrogen) atoms. The molecule has 0 aromatic carbocycles. The van der Waals surface area contributed by atoms with Crippen molar-refractivity contribution >= 4 is 17.3 Å². The Morgan fingerprint density at radius 1 is 1.32 bits per heavy atom. The van der Waals surface area contributed by atoms with E-state index >= 15 is 0 Å². The van der Waals surface area contributed by atoms with E-state index < -0.39 is 0 Å². The smallest absolute Gasteiger partial charge is 0.191 e.